The highest BCUT2D eigenvalue weighted by molar-refractivity contribution is 5.58. The third-order valence-corrected chi connectivity index (χ3v) is 24.8. The third-order valence-electron chi connectivity index (χ3n) is 24.8. The molecule has 740 valence electrons. The minimum atomic E-state index is -4.33. The van der Waals surface area contributed by atoms with Gasteiger partial charge in [-0.2, -0.15) is 92.2 Å². The Morgan fingerprint density at radius 1 is 0.293 bits per heavy atom. The molecule has 35 heteroatoms. The first-order valence-corrected chi connectivity index (χ1v) is 45.4. The Morgan fingerprint density at radius 2 is 0.602 bits per heavy atom. The summed E-state index contributed by atoms with van der Waals surface area (Å²) < 4.78 is 274. The number of aliphatic hydroxyl groups is 3. The van der Waals surface area contributed by atoms with Gasteiger partial charge in [-0.05, 0) is 313 Å². The summed E-state index contributed by atoms with van der Waals surface area (Å²) in [5, 5.41) is 27.5. The number of nitrogens with zero attached hydrogens (tertiary/aromatic N) is 10. The fourth-order valence-electron chi connectivity index (χ4n) is 18.0. The lowest BCUT2D eigenvalue weighted by atomic mass is 10.0. The summed E-state index contributed by atoms with van der Waals surface area (Å²) in [5.41, 5.74) is 4.54. The van der Waals surface area contributed by atoms with Crippen molar-refractivity contribution in [2.45, 2.75) is 219 Å². The van der Waals surface area contributed by atoms with Crippen LogP contribution in [0.3, 0.4) is 0 Å². The van der Waals surface area contributed by atoms with Crippen molar-refractivity contribution in [3.05, 3.63) is 205 Å². The predicted octanol–water partition coefficient (Wildman–Crippen LogP) is 22.9. The van der Waals surface area contributed by atoms with Gasteiger partial charge < -0.3 is 59.3 Å². The van der Waals surface area contributed by atoms with Gasteiger partial charge in [-0.1, -0.05) is 19.3 Å². The van der Waals surface area contributed by atoms with E-state index in [4.69, 9.17) is 9.84 Å². The number of rotatable bonds is 11. The second-order valence-electron chi connectivity index (χ2n) is 36.4. The molecule has 4 atom stereocenters. The number of β-amino-alcohol motifs (C(OH)–C–C–N with tert-alkyl or cyclic N) is 1. The maximum atomic E-state index is 13.0. The van der Waals surface area contributed by atoms with Gasteiger partial charge in [-0.3, -0.25) is 9.80 Å². The van der Waals surface area contributed by atoms with Gasteiger partial charge in [0, 0.05) is 164 Å². The number of piperidine rings is 2. The zero-order valence-electron chi connectivity index (χ0n) is 77.4. The number of hydrogen-bond acceptors (Lipinski definition) is 14. The van der Waals surface area contributed by atoms with Crippen molar-refractivity contribution in [3.63, 3.8) is 0 Å². The Bertz CT molecular complexity index is 4790. The van der Waals surface area contributed by atoms with Crippen LogP contribution < -0.4 is 34.3 Å². The Morgan fingerprint density at radius 3 is 0.970 bits per heavy atom. The first-order chi connectivity index (χ1) is 62.0. The van der Waals surface area contributed by atoms with Crippen molar-refractivity contribution < 1.29 is 112 Å². The molecule has 133 heavy (non-hydrogen) atoms. The summed E-state index contributed by atoms with van der Waals surface area (Å²) in [4.78, 5) is 20.7. The van der Waals surface area contributed by atoms with Crippen LogP contribution in [-0.4, -0.2) is 212 Å². The molecule has 7 heterocycles. The number of aryl methyl sites for hydroxylation is 7. The van der Waals surface area contributed by atoms with E-state index in [2.05, 4.69) is 24.5 Å². The number of alkyl halides is 21. The molecular weight excluding hydrogens is 1780 g/mol. The molecule has 7 aromatic rings. The van der Waals surface area contributed by atoms with E-state index in [1.807, 2.05) is 53.8 Å². The van der Waals surface area contributed by atoms with E-state index in [9.17, 15) is 102 Å². The Labute approximate surface area is 767 Å². The monoisotopic (exact) mass is 1910 g/mol. The van der Waals surface area contributed by atoms with Crippen molar-refractivity contribution in [2.24, 2.45) is 0 Å². The molecule has 0 amide bonds. The smallest absolute Gasteiger partial charge is 0.395 e. The lowest BCUT2D eigenvalue weighted by Gasteiger charge is -2.39. The van der Waals surface area contributed by atoms with Crippen molar-refractivity contribution in [1.29, 1.82) is 0 Å². The molecule has 15 rings (SSSR count). The largest absolute Gasteiger partial charge is 0.416 e. The second-order valence-corrected chi connectivity index (χ2v) is 36.4. The highest BCUT2D eigenvalue weighted by Gasteiger charge is 2.40. The first-order valence-electron chi connectivity index (χ1n) is 45.4. The molecule has 7 aromatic carbocycles. The molecule has 14 nitrogen and oxygen atoms in total. The van der Waals surface area contributed by atoms with Gasteiger partial charge in [0.1, 0.15) is 0 Å². The average Bonchev–Trinajstić information content (AvgIpc) is 1.30. The molecule has 1 aliphatic carbocycles. The standard InChI is InChI=1S/2C17H23F3N2.C14H19F3N2.C14H18F3NO.C13H16F3NO.C12H14F3NO.C11H14F3NO/c1-13-9-14(17(18,19)20)11-16(10-13)22-8-5-15(12-22)21-6-3-2-4-7-21;1-13-10-14(17(18,19)20)12-16(11-13)22-8-6-21(7-9-22)15-4-2-3-5-15;1-11-8-12(14(15,16)17)10-13(9-11)19-5-3-4-18(2)6-7-19;1-9-4-12(14(15,16)17)6-13(5-9)18-7-10(2)19-11(3)8-18;1-9-6-10(13(14,15)16)8-11(7-9)17-4-2-12(18)3-5-17;1-8-4-9(12(13,14)15)6-10(5-8)16-3-2-11(17)7-16;1-8-5-9(11(12,13)14)7-10(6-8)15(2)3-4-16/h9-11,15H,2-8,12H2,1H3;10-12,15H,2-9H2,1H3;8-10H,3-7H2,1-2H3;4-6,10-11H,7-8H2,1-3H3;6-8,12,18H,2-5H2,1H3;4-6,11,17H,2-3,7H2,1H3;5-7,16H,3-4H2,1-2H3. The molecule has 0 bridgehead atoms. The van der Waals surface area contributed by atoms with Crippen LogP contribution in [0.5, 0.6) is 0 Å². The van der Waals surface area contributed by atoms with Gasteiger partial charge in [-0.15, -0.1) is 0 Å². The third kappa shape index (κ3) is 33.7. The maximum Gasteiger partial charge on any atom is 0.416 e. The van der Waals surface area contributed by atoms with Gasteiger partial charge >= 0.3 is 43.2 Å². The van der Waals surface area contributed by atoms with E-state index in [1.54, 1.807) is 89.6 Å². The number of morpholine rings is 1. The van der Waals surface area contributed by atoms with Crippen LogP contribution in [-0.2, 0) is 48.0 Å². The van der Waals surface area contributed by atoms with Gasteiger partial charge in [0.05, 0.1) is 70.0 Å². The number of benzene rings is 7. The zero-order valence-corrected chi connectivity index (χ0v) is 77.4. The lowest BCUT2D eigenvalue weighted by Crippen LogP contribution is -2.49. The summed E-state index contributed by atoms with van der Waals surface area (Å²) in [6.45, 7) is 30.3. The van der Waals surface area contributed by atoms with Crippen LogP contribution in [0, 0.1) is 48.5 Å². The number of halogens is 21. The summed E-state index contributed by atoms with van der Waals surface area (Å²) in [5.74, 6) is 0. The van der Waals surface area contributed by atoms with Crippen LogP contribution in [0.1, 0.15) is 169 Å². The molecule has 4 unspecified atom stereocenters. The zero-order chi connectivity index (χ0) is 98.0. The van der Waals surface area contributed by atoms with Crippen molar-refractivity contribution in [2.75, 3.05) is 179 Å². The van der Waals surface area contributed by atoms with Crippen molar-refractivity contribution >= 4 is 39.8 Å². The van der Waals surface area contributed by atoms with Crippen LogP contribution in [0.25, 0.3) is 0 Å². The number of anilines is 7. The second kappa shape index (κ2) is 47.0. The Kier molecular flexibility index (Phi) is 38.2. The minimum Gasteiger partial charge on any atom is -0.395 e. The van der Waals surface area contributed by atoms with Gasteiger partial charge in [0.25, 0.3) is 0 Å². The number of ether oxygens (including phenoxy) is 1. The Hall–Kier alpha value is -8.61. The minimum absolute atomic E-state index is 0.0265. The summed E-state index contributed by atoms with van der Waals surface area (Å²) >= 11 is 0. The summed E-state index contributed by atoms with van der Waals surface area (Å²) in [6.07, 6.45) is -17.9. The van der Waals surface area contributed by atoms with E-state index in [0.29, 0.717) is 156 Å². The lowest BCUT2D eigenvalue weighted by molar-refractivity contribution is -0.138. The first kappa shape index (κ1) is 108. The van der Waals surface area contributed by atoms with E-state index < -0.39 is 88.3 Å². The highest BCUT2D eigenvalue weighted by atomic mass is 19.4. The number of hydrogen-bond donors (Lipinski definition) is 3. The molecule has 0 aromatic heterocycles. The van der Waals surface area contributed by atoms with Crippen molar-refractivity contribution in [3.8, 4) is 0 Å². The number of likely N-dealkylation sites (N-methyl/N-ethyl adjacent to an activating group) is 2. The van der Waals surface area contributed by atoms with Crippen LogP contribution in [0.15, 0.2) is 127 Å². The average molecular weight is 1910 g/mol. The molecule has 0 radical (unpaired) electrons. The molecule has 3 N–H and O–H groups in total. The van der Waals surface area contributed by atoms with Crippen LogP contribution in [0.4, 0.5) is 132 Å². The van der Waals surface area contributed by atoms with Crippen LogP contribution >= 0.6 is 0 Å². The molecule has 1 saturated carbocycles. The number of piperazine rings is 1. The van der Waals surface area contributed by atoms with Gasteiger partial charge in [0.2, 0.25) is 0 Å². The van der Waals surface area contributed by atoms with Crippen LogP contribution in [0.2, 0.25) is 0 Å². The Balaban J connectivity index is 0.000000175. The molecule has 7 saturated heterocycles. The number of aliphatic hydroxyl groups excluding tert-OH is 3. The molecule has 8 fully saturated rings. The fraction of sp³-hybridized carbons (Fsp3) is 0.571. The van der Waals surface area contributed by atoms with E-state index >= 15 is 0 Å². The van der Waals surface area contributed by atoms with E-state index in [1.165, 1.54) is 99.5 Å². The molecule has 7 aliphatic heterocycles. The maximum absolute atomic E-state index is 13.0. The molecule has 8 aliphatic rings. The quantitative estimate of drug-likeness (QED) is 0.107. The summed E-state index contributed by atoms with van der Waals surface area (Å²) in [6, 6.07) is 30.4. The van der Waals surface area contributed by atoms with Crippen molar-refractivity contribution in [1.82, 2.24) is 14.7 Å². The van der Waals surface area contributed by atoms with Gasteiger partial charge in [0.15, 0.2) is 0 Å². The van der Waals surface area contributed by atoms with Gasteiger partial charge in [-0.25, -0.2) is 0 Å². The number of likely N-dealkylation sites (tertiary alicyclic amines) is 1. The topological polar surface area (TPSA) is 102 Å². The highest BCUT2D eigenvalue weighted by Crippen LogP contribution is 2.42. The normalized spacial score (nSPS) is 20.2. The molecule has 0 spiro atoms. The van der Waals surface area contributed by atoms with E-state index in [-0.39, 0.29) is 24.9 Å². The predicted molar refractivity (Wildman–Crippen MR) is 483 cm³/mol. The SMILES string of the molecule is Cc1cc(N(C)CCO)cc(C(F)(F)F)c1.Cc1cc(N2CC(C)OC(C)C2)cc(C(F)(F)F)c1.Cc1cc(N2CCC(N3CCCCC3)C2)cc(C(F)(F)F)c1.Cc1cc(N2CCC(O)C2)cc(C(F)(F)F)c1.Cc1cc(N2CCC(O)CC2)cc(C(F)(F)F)c1.Cc1cc(N2CCCN(C)CC2)cc(C(F)(F)F)c1.Cc1cc(N2CCN(C3CCCC3)CC2)cc(C(F)(F)F)c1. The molecular formula is C98H127F21N10O4. The van der Waals surface area contributed by atoms with E-state index in [0.717, 1.165) is 122 Å². The fourth-order valence-corrected chi connectivity index (χ4v) is 18.0. The summed E-state index contributed by atoms with van der Waals surface area (Å²) in [7, 11) is 3.69.